The van der Waals surface area contributed by atoms with Gasteiger partial charge in [0.2, 0.25) is 0 Å². The number of benzene rings is 2. The SMILES string of the molecule is CCOc1cc(Cl)c(C(=O)c2cc(C)ccc2F)cc1Cl. The van der Waals surface area contributed by atoms with E-state index in [0.717, 1.165) is 5.56 Å². The molecule has 2 aromatic rings. The van der Waals surface area contributed by atoms with Gasteiger partial charge in [-0.25, -0.2) is 4.39 Å². The molecule has 2 nitrogen and oxygen atoms in total. The second kappa shape index (κ2) is 6.46. The lowest BCUT2D eigenvalue weighted by molar-refractivity contribution is 0.103. The van der Waals surface area contributed by atoms with Crippen LogP contribution < -0.4 is 4.74 Å². The number of carbonyl (C=O) groups is 1. The van der Waals surface area contributed by atoms with E-state index in [1.54, 1.807) is 13.0 Å². The molecule has 0 fully saturated rings. The standard InChI is InChI=1S/C16H13Cl2FO2/c1-3-21-15-8-12(17)10(7-13(15)18)16(20)11-6-9(2)4-5-14(11)19/h4-8H,3H2,1-2H3. The van der Waals surface area contributed by atoms with E-state index in [1.807, 2.05) is 6.92 Å². The molecule has 0 aromatic heterocycles. The molecule has 0 saturated heterocycles. The van der Waals surface area contributed by atoms with Crippen molar-refractivity contribution in [2.45, 2.75) is 13.8 Å². The van der Waals surface area contributed by atoms with Crippen LogP contribution in [0, 0.1) is 12.7 Å². The minimum absolute atomic E-state index is 0.0304. The maximum Gasteiger partial charge on any atom is 0.197 e. The first-order chi connectivity index (χ1) is 9.93. The van der Waals surface area contributed by atoms with Crippen molar-refractivity contribution in [3.63, 3.8) is 0 Å². The molecule has 0 bridgehead atoms. The van der Waals surface area contributed by atoms with Crippen molar-refractivity contribution in [3.8, 4) is 5.75 Å². The number of ether oxygens (including phenoxy) is 1. The van der Waals surface area contributed by atoms with Gasteiger partial charge in [-0.2, -0.15) is 0 Å². The molecule has 2 rings (SSSR count). The van der Waals surface area contributed by atoms with Gasteiger partial charge in [-0.15, -0.1) is 0 Å². The molecule has 0 spiro atoms. The van der Waals surface area contributed by atoms with E-state index >= 15 is 0 Å². The average Bonchev–Trinajstić information content (AvgIpc) is 2.44. The van der Waals surface area contributed by atoms with Gasteiger partial charge in [0.05, 0.1) is 22.2 Å². The van der Waals surface area contributed by atoms with Gasteiger partial charge >= 0.3 is 0 Å². The Kier molecular flexibility index (Phi) is 4.86. The second-order valence-electron chi connectivity index (χ2n) is 4.51. The first kappa shape index (κ1) is 15.8. The first-order valence-corrected chi connectivity index (χ1v) is 7.12. The van der Waals surface area contributed by atoms with E-state index in [0.29, 0.717) is 12.4 Å². The number of ketones is 1. The van der Waals surface area contributed by atoms with Crippen molar-refractivity contribution >= 4 is 29.0 Å². The summed E-state index contributed by atoms with van der Waals surface area (Å²) in [6, 6.07) is 7.21. The highest BCUT2D eigenvalue weighted by atomic mass is 35.5. The minimum Gasteiger partial charge on any atom is -0.492 e. The third kappa shape index (κ3) is 3.36. The van der Waals surface area contributed by atoms with Crippen LogP contribution in [0.3, 0.4) is 0 Å². The molecule has 0 aliphatic heterocycles. The number of halogens is 3. The zero-order chi connectivity index (χ0) is 15.6. The predicted octanol–water partition coefficient (Wildman–Crippen LogP) is 5.07. The summed E-state index contributed by atoms with van der Waals surface area (Å²) in [5, 5.41) is 0.436. The van der Waals surface area contributed by atoms with Crippen LogP contribution in [0.15, 0.2) is 30.3 Å². The van der Waals surface area contributed by atoms with Crippen molar-refractivity contribution in [2.24, 2.45) is 0 Å². The highest BCUT2D eigenvalue weighted by Crippen LogP contribution is 2.32. The molecular formula is C16H13Cl2FO2. The maximum atomic E-state index is 13.8. The second-order valence-corrected chi connectivity index (χ2v) is 5.32. The summed E-state index contributed by atoms with van der Waals surface area (Å²) in [5.41, 5.74) is 0.902. The Bertz CT molecular complexity index is 699. The quantitative estimate of drug-likeness (QED) is 0.733. The van der Waals surface area contributed by atoms with Crippen LogP contribution in [0.4, 0.5) is 4.39 Å². The van der Waals surface area contributed by atoms with Crippen molar-refractivity contribution in [2.75, 3.05) is 6.61 Å². The molecule has 0 N–H and O–H groups in total. The highest BCUT2D eigenvalue weighted by Gasteiger charge is 2.19. The Morgan fingerprint density at radius 1 is 1.14 bits per heavy atom. The molecular weight excluding hydrogens is 314 g/mol. The van der Waals surface area contributed by atoms with Gasteiger partial charge in [-0.05, 0) is 32.0 Å². The zero-order valence-electron chi connectivity index (χ0n) is 11.5. The summed E-state index contributed by atoms with van der Waals surface area (Å²) in [5.74, 6) is -0.705. The minimum atomic E-state index is -0.591. The predicted molar refractivity (Wildman–Crippen MR) is 82.2 cm³/mol. The van der Waals surface area contributed by atoms with Gasteiger partial charge in [-0.3, -0.25) is 4.79 Å². The van der Waals surface area contributed by atoms with Crippen LogP contribution in [0.1, 0.15) is 28.4 Å². The molecule has 0 radical (unpaired) electrons. The lowest BCUT2D eigenvalue weighted by atomic mass is 10.0. The van der Waals surface area contributed by atoms with E-state index in [-0.39, 0.29) is 21.2 Å². The van der Waals surface area contributed by atoms with E-state index in [4.69, 9.17) is 27.9 Å². The third-order valence-electron chi connectivity index (χ3n) is 2.93. The summed E-state index contributed by atoms with van der Waals surface area (Å²) in [4.78, 5) is 12.4. The molecule has 0 aliphatic carbocycles. The largest absolute Gasteiger partial charge is 0.492 e. The lowest BCUT2D eigenvalue weighted by Gasteiger charge is -2.10. The summed E-state index contributed by atoms with van der Waals surface area (Å²) >= 11 is 12.1. The van der Waals surface area contributed by atoms with Crippen molar-refractivity contribution < 1.29 is 13.9 Å². The fourth-order valence-corrected chi connectivity index (χ4v) is 2.38. The van der Waals surface area contributed by atoms with E-state index in [9.17, 15) is 9.18 Å². The van der Waals surface area contributed by atoms with Gasteiger partial charge < -0.3 is 4.74 Å². The van der Waals surface area contributed by atoms with Gasteiger partial charge in [0, 0.05) is 11.6 Å². The van der Waals surface area contributed by atoms with Gasteiger partial charge in [0.1, 0.15) is 11.6 Å². The van der Waals surface area contributed by atoms with Crippen LogP contribution in [-0.4, -0.2) is 12.4 Å². The Labute approximate surface area is 132 Å². The van der Waals surface area contributed by atoms with Crippen LogP contribution in [0.2, 0.25) is 10.0 Å². The van der Waals surface area contributed by atoms with Crippen LogP contribution in [0.5, 0.6) is 5.75 Å². The molecule has 2 aromatic carbocycles. The number of rotatable bonds is 4. The smallest absolute Gasteiger partial charge is 0.197 e. The van der Waals surface area contributed by atoms with E-state index in [1.165, 1.54) is 24.3 Å². The number of hydrogen-bond donors (Lipinski definition) is 0. The summed E-state index contributed by atoms with van der Waals surface area (Å²) in [6.45, 7) is 4.02. The third-order valence-corrected chi connectivity index (χ3v) is 3.54. The molecule has 0 amide bonds. The van der Waals surface area contributed by atoms with Crippen LogP contribution in [0.25, 0.3) is 0 Å². The Balaban J connectivity index is 2.49. The van der Waals surface area contributed by atoms with Crippen molar-refractivity contribution in [3.05, 3.63) is 62.9 Å². The number of hydrogen-bond acceptors (Lipinski definition) is 2. The monoisotopic (exact) mass is 326 g/mol. The fraction of sp³-hybridized carbons (Fsp3) is 0.188. The topological polar surface area (TPSA) is 26.3 Å². The normalized spacial score (nSPS) is 10.5. The molecule has 0 saturated carbocycles. The zero-order valence-corrected chi connectivity index (χ0v) is 13.1. The van der Waals surface area contributed by atoms with E-state index in [2.05, 4.69) is 0 Å². The highest BCUT2D eigenvalue weighted by molar-refractivity contribution is 6.37. The molecule has 110 valence electrons. The number of carbonyl (C=O) groups excluding carboxylic acids is 1. The van der Waals surface area contributed by atoms with Gasteiger partial charge in [0.15, 0.2) is 5.78 Å². The average molecular weight is 327 g/mol. The maximum absolute atomic E-state index is 13.8. The number of aryl methyl sites for hydroxylation is 1. The van der Waals surface area contributed by atoms with E-state index < -0.39 is 11.6 Å². The molecule has 0 unspecified atom stereocenters. The first-order valence-electron chi connectivity index (χ1n) is 6.36. The Hall–Kier alpha value is -1.58. The molecule has 0 heterocycles. The summed E-state index contributed by atoms with van der Waals surface area (Å²) in [7, 11) is 0. The van der Waals surface area contributed by atoms with Crippen LogP contribution >= 0.6 is 23.2 Å². The lowest BCUT2D eigenvalue weighted by Crippen LogP contribution is -2.06. The summed E-state index contributed by atoms with van der Waals surface area (Å²) < 4.78 is 19.1. The molecule has 21 heavy (non-hydrogen) atoms. The van der Waals surface area contributed by atoms with Crippen molar-refractivity contribution in [1.82, 2.24) is 0 Å². The summed E-state index contributed by atoms with van der Waals surface area (Å²) in [6.07, 6.45) is 0. The Morgan fingerprint density at radius 2 is 1.86 bits per heavy atom. The molecule has 0 aliphatic rings. The fourth-order valence-electron chi connectivity index (χ4n) is 1.93. The van der Waals surface area contributed by atoms with Crippen molar-refractivity contribution in [1.29, 1.82) is 0 Å². The van der Waals surface area contributed by atoms with Gasteiger partial charge in [0.25, 0.3) is 0 Å². The molecule has 0 atom stereocenters. The Morgan fingerprint density at radius 3 is 2.52 bits per heavy atom. The van der Waals surface area contributed by atoms with Gasteiger partial charge in [-0.1, -0.05) is 34.8 Å². The van der Waals surface area contributed by atoms with Crippen LogP contribution in [-0.2, 0) is 0 Å². The molecule has 5 heteroatoms.